The van der Waals surface area contributed by atoms with Crippen molar-refractivity contribution in [1.82, 2.24) is 19.4 Å². The van der Waals surface area contributed by atoms with Crippen molar-refractivity contribution >= 4 is 0 Å². The van der Waals surface area contributed by atoms with Crippen LogP contribution in [0.25, 0.3) is 0 Å². The minimum Gasteiger partial charge on any atom is -0.497 e. The van der Waals surface area contributed by atoms with Gasteiger partial charge in [0.25, 0.3) is 0 Å². The van der Waals surface area contributed by atoms with Crippen LogP contribution in [0.5, 0.6) is 5.75 Å². The van der Waals surface area contributed by atoms with Crippen molar-refractivity contribution in [2.45, 2.75) is 76.8 Å². The van der Waals surface area contributed by atoms with E-state index >= 15 is 0 Å². The second-order valence-corrected chi connectivity index (χ2v) is 11.9. The Bertz CT molecular complexity index is 1160. The summed E-state index contributed by atoms with van der Waals surface area (Å²) < 4.78 is 7.76. The predicted molar refractivity (Wildman–Crippen MR) is 148 cm³/mol. The first kappa shape index (κ1) is 24.7. The zero-order valence-electron chi connectivity index (χ0n) is 22.6. The molecule has 0 unspecified atom stereocenters. The van der Waals surface area contributed by atoms with Crippen molar-refractivity contribution in [3.8, 4) is 5.75 Å². The lowest BCUT2D eigenvalue weighted by Gasteiger charge is -2.52. The molecule has 2 fully saturated rings. The zero-order valence-corrected chi connectivity index (χ0v) is 22.6. The summed E-state index contributed by atoms with van der Waals surface area (Å²) in [4.78, 5) is 11.7. The molecular weight excluding hydrogens is 456 g/mol. The van der Waals surface area contributed by atoms with Gasteiger partial charge in [0.05, 0.1) is 13.4 Å². The lowest BCUT2D eigenvalue weighted by atomic mass is 9.55. The zero-order chi connectivity index (χ0) is 25.2. The van der Waals surface area contributed by atoms with Gasteiger partial charge >= 0.3 is 0 Å². The molecule has 3 aliphatic carbocycles. The molecule has 2 aromatic heterocycles. The smallest absolute Gasteiger partial charge is 0.119 e. The number of aromatic nitrogens is 3. The number of hydrogen-bond donors (Lipinski definition) is 0. The van der Waals surface area contributed by atoms with Crippen LogP contribution in [0.4, 0.5) is 0 Å². The first-order chi connectivity index (χ1) is 18.2. The number of pyridine rings is 1. The maximum atomic E-state index is 5.54. The van der Waals surface area contributed by atoms with Gasteiger partial charge in [-0.2, -0.15) is 0 Å². The Hall–Kier alpha value is -2.66. The summed E-state index contributed by atoms with van der Waals surface area (Å²) in [5.74, 6) is 3.40. The molecule has 1 aromatic carbocycles. The van der Waals surface area contributed by atoms with E-state index < -0.39 is 0 Å². The summed E-state index contributed by atoms with van der Waals surface area (Å²) in [6.45, 7) is 5.94. The van der Waals surface area contributed by atoms with E-state index in [2.05, 4.69) is 62.9 Å². The summed E-state index contributed by atoms with van der Waals surface area (Å²) in [6, 6.07) is 13.9. The van der Waals surface area contributed by atoms with E-state index in [0.717, 1.165) is 56.0 Å². The summed E-state index contributed by atoms with van der Waals surface area (Å²) >= 11 is 0. The molecule has 6 rings (SSSR count). The standard InChI is InChI=1S/C32H42N4O/c1-32-15-13-28-27-10-8-26(37-2)22-24(27)7-9-29(28)30(32)11-12-31(32)36(19-5-18-35-21-17-33-23-35)20-14-25-6-3-4-16-34-25/h3-4,6,8,10,16-17,21-23,28-31H,5,7,9,11-15,18-20H2,1-2H3/t28-,29-,30+,31+,32+/m1/s1. The second kappa shape index (κ2) is 10.6. The summed E-state index contributed by atoms with van der Waals surface area (Å²) in [7, 11) is 1.78. The highest BCUT2D eigenvalue weighted by molar-refractivity contribution is 5.40. The summed E-state index contributed by atoms with van der Waals surface area (Å²) in [5.41, 5.74) is 4.78. The predicted octanol–water partition coefficient (Wildman–Crippen LogP) is 6.15. The maximum absolute atomic E-state index is 5.54. The van der Waals surface area contributed by atoms with Gasteiger partial charge in [0.15, 0.2) is 0 Å². The first-order valence-electron chi connectivity index (χ1n) is 14.4. The van der Waals surface area contributed by atoms with Crippen molar-refractivity contribution in [2.75, 3.05) is 20.2 Å². The lowest BCUT2D eigenvalue weighted by Crippen LogP contribution is -2.51. The van der Waals surface area contributed by atoms with Gasteiger partial charge in [0.1, 0.15) is 5.75 Å². The quantitative estimate of drug-likeness (QED) is 0.355. The van der Waals surface area contributed by atoms with Crippen LogP contribution in [0.2, 0.25) is 0 Å². The molecule has 3 aliphatic rings. The largest absolute Gasteiger partial charge is 0.497 e. The minimum absolute atomic E-state index is 0.407. The molecule has 0 bridgehead atoms. The Morgan fingerprint density at radius 2 is 2.03 bits per heavy atom. The van der Waals surface area contributed by atoms with Gasteiger partial charge in [-0.15, -0.1) is 0 Å². The summed E-state index contributed by atoms with van der Waals surface area (Å²) in [6.07, 6.45) is 18.0. The van der Waals surface area contributed by atoms with Crippen molar-refractivity contribution in [3.05, 3.63) is 78.1 Å². The molecule has 0 N–H and O–H groups in total. The average Bonchev–Trinajstić information content (AvgIpc) is 3.58. The van der Waals surface area contributed by atoms with Gasteiger partial charge in [-0.25, -0.2) is 4.98 Å². The molecule has 5 atom stereocenters. The van der Waals surface area contributed by atoms with Gasteiger partial charge < -0.3 is 9.30 Å². The Morgan fingerprint density at radius 1 is 1.08 bits per heavy atom. The van der Waals surface area contributed by atoms with Crippen LogP contribution in [0, 0.1) is 17.3 Å². The van der Waals surface area contributed by atoms with E-state index in [1.165, 1.54) is 49.8 Å². The number of hydrogen-bond acceptors (Lipinski definition) is 4. The number of imidazole rings is 1. The monoisotopic (exact) mass is 498 g/mol. The molecule has 0 amide bonds. The van der Waals surface area contributed by atoms with Crippen LogP contribution in [-0.2, 0) is 19.4 Å². The Morgan fingerprint density at radius 3 is 2.84 bits per heavy atom. The molecule has 0 aliphatic heterocycles. The number of fused-ring (bicyclic) bond motifs is 5. The number of rotatable bonds is 9. The van der Waals surface area contributed by atoms with E-state index in [1.807, 2.05) is 24.8 Å². The number of nitrogens with zero attached hydrogens (tertiary/aromatic N) is 4. The number of methoxy groups -OCH3 is 1. The molecular formula is C32H42N4O. The lowest BCUT2D eigenvalue weighted by molar-refractivity contribution is -0.00102. The van der Waals surface area contributed by atoms with Crippen LogP contribution >= 0.6 is 0 Å². The van der Waals surface area contributed by atoms with Crippen LogP contribution < -0.4 is 4.74 Å². The van der Waals surface area contributed by atoms with Crippen molar-refractivity contribution in [3.63, 3.8) is 0 Å². The molecule has 0 saturated heterocycles. The molecule has 2 saturated carbocycles. The van der Waals surface area contributed by atoms with Gasteiger partial charge in [-0.05, 0) is 104 Å². The fraction of sp³-hybridized carbons (Fsp3) is 0.562. The van der Waals surface area contributed by atoms with Crippen LogP contribution in [0.15, 0.2) is 61.3 Å². The van der Waals surface area contributed by atoms with Gasteiger partial charge in [0.2, 0.25) is 0 Å². The third-order valence-corrected chi connectivity index (χ3v) is 10.1. The summed E-state index contributed by atoms with van der Waals surface area (Å²) in [5, 5.41) is 0. The van der Waals surface area contributed by atoms with E-state index in [0.29, 0.717) is 11.5 Å². The van der Waals surface area contributed by atoms with Crippen molar-refractivity contribution in [2.24, 2.45) is 17.3 Å². The molecule has 5 heteroatoms. The topological polar surface area (TPSA) is 43.2 Å². The normalized spacial score (nSPS) is 28.5. The SMILES string of the molecule is COc1ccc2c(c1)CC[C@@H]1[C@@H]2CC[C@]2(C)[C@@H](N(CCCn3ccnc3)CCc3ccccn3)CC[C@@H]12. The van der Waals surface area contributed by atoms with Crippen molar-refractivity contribution in [1.29, 1.82) is 0 Å². The molecule has 2 heterocycles. The minimum atomic E-state index is 0.407. The highest BCUT2D eigenvalue weighted by Gasteiger charge is 2.55. The third kappa shape index (κ3) is 4.83. The molecule has 0 spiro atoms. The van der Waals surface area contributed by atoms with E-state index in [9.17, 15) is 0 Å². The van der Waals surface area contributed by atoms with E-state index in [-0.39, 0.29) is 0 Å². The van der Waals surface area contributed by atoms with Crippen LogP contribution in [0.1, 0.15) is 68.2 Å². The van der Waals surface area contributed by atoms with Gasteiger partial charge in [0, 0.05) is 56.4 Å². The van der Waals surface area contributed by atoms with E-state index in [1.54, 1.807) is 12.7 Å². The number of benzene rings is 1. The van der Waals surface area contributed by atoms with Crippen LogP contribution in [0.3, 0.4) is 0 Å². The fourth-order valence-corrected chi connectivity index (χ4v) is 8.36. The average molecular weight is 499 g/mol. The van der Waals surface area contributed by atoms with Crippen LogP contribution in [-0.4, -0.2) is 45.7 Å². The number of ether oxygens (including phenoxy) is 1. The van der Waals surface area contributed by atoms with E-state index in [4.69, 9.17) is 4.74 Å². The second-order valence-electron chi connectivity index (χ2n) is 11.9. The fourth-order valence-electron chi connectivity index (χ4n) is 8.36. The van der Waals surface area contributed by atoms with Gasteiger partial charge in [-0.3, -0.25) is 9.88 Å². The first-order valence-corrected chi connectivity index (χ1v) is 14.4. The van der Waals surface area contributed by atoms with Crippen molar-refractivity contribution < 1.29 is 4.74 Å². The Labute approximate surface area is 222 Å². The Balaban J connectivity index is 1.19. The molecule has 37 heavy (non-hydrogen) atoms. The highest BCUT2D eigenvalue weighted by Crippen LogP contribution is 2.62. The Kier molecular flexibility index (Phi) is 7.07. The molecule has 3 aromatic rings. The highest BCUT2D eigenvalue weighted by atomic mass is 16.5. The molecule has 0 radical (unpaired) electrons. The van der Waals surface area contributed by atoms with Gasteiger partial charge in [-0.1, -0.05) is 19.1 Å². The molecule has 196 valence electrons. The molecule has 5 nitrogen and oxygen atoms in total. The number of aryl methyl sites for hydroxylation is 2. The maximum Gasteiger partial charge on any atom is 0.119 e. The third-order valence-electron chi connectivity index (χ3n) is 10.1.